The van der Waals surface area contributed by atoms with Gasteiger partial charge in [-0.05, 0) is 22.6 Å². The average molecular weight is 331 g/mol. The lowest BCUT2D eigenvalue weighted by Crippen LogP contribution is -1.91. The second-order valence-electron chi connectivity index (χ2n) is 3.00. The molecular weight excluding hydrogens is 323 g/mol. The summed E-state index contributed by atoms with van der Waals surface area (Å²) in [5, 5.41) is 0. The number of benzene rings is 1. The summed E-state index contributed by atoms with van der Waals surface area (Å²) in [6.07, 6.45) is 2.81. The van der Waals surface area contributed by atoms with Gasteiger partial charge in [-0.1, -0.05) is 0 Å². The van der Waals surface area contributed by atoms with Crippen LogP contribution < -0.4 is 0 Å². The third-order valence-electron chi connectivity index (χ3n) is 1.29. The van der Waals surface area contributed by atoms with Crippen LogP contribution in [-0.4, -0.2) is 16.7 Å². The van der Waals surface area contributed by atoms with Gasteiger partial charge in [0.25, 0.3) is 0 Å². The third-order valence-corrected chi connectivity index (χ3v) is 2.97. The fourth-order valence-electron chi connectivity index (χ4n) is 0.849. The van der Waals surface area contributed by atoms with E-state index in [0.29, 0.717) is 0 Å². The van der Waals surface area contributed by atoms with Gasteiger partial charge in [0, 0.05) is 34.4 Å². The minimum Gasteiger partial charge on any atom is -0.250 e. The molecule has 0 radical (unpaired) electrons. The molecule has 0 fully saturated rings. The Labute approximate surface area is 95.0 Å². The van der Waals surface area contributed by atoms with Gasteiger partial charge in [0.2, 0.25) is 0 Å². The average Bonchev–Trinajstić information content (AvgIpc) is 1.96. The van der Waals surface area contributed by atoms with Crippen LogP contribution in [0.15, 0.2) is 16.5 Å². The molecule has 0 aliphatic carbocycles. The van der Waals surface area contributed by atoms with Crippen molar-refractivity contribution < 1.29 is 13.0 Å². The van der Waals surface area contributed by atoms with Crippen molar-refractivity contribution in [3.8, 4) is 0 Å². The van der Waals surface area contributed by atoms with Crippen molar-refractivity contribution in [1.29, 1.82) is 0 Å². The zero-order valence-corrected chi connectivity index (χ0v) is 10.5. The molecule has 6 heteroatoms. The number of nitrogens with zero attached hydrogens (tertiary/aromatic N) is 1. The van der Waals surface area contributed by atoms with Gasteiger partial charge < -0.3 is 0 Å². The lowest BCUT2D eigenvalue weighted by molar-refractivity contribution is 0.571. The van der Waals surface area contributed by atoms with Crippen LogP contribution in [0.1, 0.15) is 0 Å². The molecule has 1 rings (SSSR count). The first-order valence-corrected chi connectivity index (χ1v) is 7.02. The second-order valence-corrected chi connectivity index (χ2v) is 6.62. The molecule has 0 atom stereocenters. The molecule has 14 heavy (non-hydrogen) atoms. The van der Waals surface area contributed by atoms with Crippen LogP contribution in [-0.2, 0) is 9.73 Å². The van der Waals surface area contributed by atoms with E-state index >= 15 is 0 Å². The first kappa shape index (κ1) is 11.8. The number of rotatable bonds is 1. The molecule has 0 amide bonds. The fraction of sp³-hybridized carbons (Fsp3) is 0.250. The predicted molar refractivity (Wildman–Crippen MR) is 61.2 cm³/mol. The van der Waals surface area contributed by atoms with Crippen molar-refractivity contribution >= 4 is 38.0 Å². The first-order valence-electron chi connectivity index (χ1n) is 3.61. The van der Waals surface area contributed by atoms with Gasteiger partial charge >= 0.3 is 0 Å². The van der Waals surface area contributed by atoms with Crippen molar-refractivity contribution in [3.63, 3.8) is 0 Å². The molecule has 0 heterocycles. The van der Waals surface area contributed by atoms with Crippen LogP contribution in [0, 0.1) is 15.2 Å². The molecule has 1 aromatic rings. The van der Waals surface area contributed by atoms with Crippen LogP contribution in [0.5, 0.6) is 0 Å². The Morgan fingerprint density at radius 3 is 2.07 bits per heavy atom. The van der Waals surface area contributed by atoms with Crippen molar-refractivity contribution in [1.82, 2.24) is 0 Å². The summed E-state index contributed by atoms with van der Waals surface area (Å²) in [7, 11) is -2.38. The summed E-state index contributed by atoms with van der Waals surface area (Å²) in [4.78, 5) is 0. The molecule has 0 spiro atoms. The zero-order valence-electron chi connectivity index (χ0n) is 7.55. The van der Waals surface area contributed by atoms with Gasteiger partial charge in [0.1, 0.15) is 11.6 Å². The number of hydrogen-bond donors (Lipinski definition) is 0. The molecule has 0 saturated carbocycles. The van der Waals surface area contributed by atoms with E-state index in [1.807, 2.05) is 0 Å². The summed E-state index contributed by atoms with van der Waals surface area (Å²) < 4.78 is 40.9. The van der Waals surface area contributed by atoms with Crippen molar-refractivity contribution in [2.24, 2.45) is 4.36 Å². The summed E-state index contributed by atoms with van der Waals surface area (Å²) in [6.45, 7) is 0. The van der Waals surface area contributed by atoms with Gasteiger partial charge in [-0.3, -0.25) is 0 Å². The van der Waals surface area contributed by atoms with Crippen LogP contribution in [0.2, 0.25) is 0 Å². The van der Waals surface area contributed by atoms with E-state index < -0.39 is 21.4 Å². The highest BCUT2D eigenvalue weighted by Crippen LogP contribution is 2.23. The van der Waals surface area contributed by atoms with Crippen molar-refractivity contribution in [2.45, 2.75) is 0 Å². The highest BCUT2D eigenvalue weighted by atomic mass is 127. The van der Waals surface area contributed by atoms with Gasteiger partial charge in [-0.25, -0.2) is 13.0 Å². The van der Waals surface area contributed by atoms with E-state index in [0.717, 1.165) is 12.1 Å². The Morgan fingerprint density at radius 2 is 1.71 bits per heavy atom. The van der Waals surface area contributed by atoms with Gasteiger partial charge in [-0.15, -0.1) is 0 Å². The van der Waals surface area contributed by atoms with E-state index in [9.17, 15) is 13.0 Å². The Bertz CT molecular complexity index is 449. The normalized spacial score (nSPS) is 11.5. The van der Waals surface area contributed by atoms with Crippen molar-refractivity contribution in [3.05, 3.63) is 27.3 Å². The molecule has 0 bridgehead atoms. The molecule has 0 aliphatic heterocycles. The van der Waals surface area contributed by atoms with Crippen LogP contribution >= 0.6 is 22.6 Å². The summed E-state index contributed by atoms with van der Waals surface area (Å²) in [6, 6.07) is 2.13. The maximum atomic E-state index is 13.0. The maximum absolute atomic E-state index is 13.0. The molecule has 78 valence electrons. The number of halogens is 3. The first-order chi connectivity index (χ1) is 6.29. The summed E-state index contributed by atoms with van der Waals surface area (Å²) in [5.74, 6) is -1.37. The van der Waals surface area contributed by atoms with E-state index in [-0.39, 0.29) is 9.26 Å². The summed E-state index contributed by atoms with van der Waals surface area (Å²) in [5.41, 5.74) is 0.0652. The van der Waals surface area contributed by atoms with Crippen LogP contribution in [0.4, 0.5) is 14.5 Å². The predicted octanol–water partition coefficient (Wildman–Crippen LogP) is 2.93. The second kappa shape index (κ2) is 4.09. The number of hydrogen-bond acceptors (Lipinski definition) is 2. The highest BCUT2D eigenvalue weighted by molar-refractivity contribution is 14.1. The Hall–Kier alpha value is -0.240. The van der Waals surface area contributed by atoms with Gasteiger partial charge in [-0.2, -0.15) is 4.36 Å². The summed E-state index contributed by atoms with van der Waals surface area (Å²) >= 11 is 1.56. The smallest absolute Gasteiger partial charge is 0.141 e. The molecule has 0 saturated heterocycles. The molecule has 1 aromatic carbocycles. The lowest BCUT2D eigenvalue weighted by atomic mass is 10.3. The van der Waals surface area contributed by atoms with E-state index in [1.54, 1.807) is 22.6 Å². The lowest BCUT2D eigenvalue weighted by Gasteiger charge is -2.00. The molecular formula is C8H8F2INOS. The fourth-order valence-corrected chi connectivity index (χ4v) is 1.77. The van der Waals surface area contributed by atoms with Gasteiger partial charge in [0.05, 0.1) is 9.26 Å². The monoisotopic (exact) mass is 331 g/mol. The topological polar surface area (TPSA) is 29.4 Å². The largest absolute Gasteiger partial charge is 0.250 e. The zero-order chi connectivity index (χ0) is 10.9. The van der Waals surface area contributed by atoms with E-state index in [1.165, 1.54) is 12.5 Å². The van der Waals surface area contributed by atoms with Crippen LogP contribution in [0.25, 0.3) is 0 Å². The Kier molecular flexibility index (Phi) is 3.46. The highest BCUT2D eigenvalue weighted by Gasteiger charge is 2.08. The molecule has 0 aromatic heterocycles. The SMILES string of the molecule is CS(C)(=O)=Nc1cc(F)c(I)c(F)c1. The minimum absolute atomic E-state index is 0.0652. The van der Waals surface area contributed by atoms with Crippen LogP contribution in [0.3, 0.4) is 0 Å². The molecule has 0 N–H and O–H groups in total. The Morgan fingerprint density at radius 1 is 1.29 bits per heavy atom. The maximum Gasteiger partial charge on any atom is 0.141 e. The molecule has 0 unspecified atom stereocenters. The molecule has 0 aliphatic rings. The quantitative estimate of drug-likeness (QED) is 0.575. The standard InChI is InChI=1S/C8H8F2INOS/c1-14(2,13)12-5-3-6(9)8(11)7(10)4-5/h3-4H,1-2H3. The van der Waals surface area contributed by atoms with Gasteiger partial charge in [0.15, 0.2) is 0 Å². The van der Waals surface area contributed by atoms with E-state index in [2.05, 4.69) is 4.36 Å². The minimum atomic E-state index is -2.38. The Balaban J connectivity index is 3.35. The van der Waals surface area contributed by atoms with Crippen molar-refractivity contribution in [2.75, 3.05) is 12.5 Å². The molecule has 2 nitrogen and oxygen atoms in total. The third kappa shape index (κ3) is 3.16. The van der Waals surface area contributed by atoms with E-state index in [4.69, 9.17) is 0 Å².